The highest BCUT2D eigenvalue weighted by Gasteiger charge is 2.06. The van der Waals surface area contributed by atoms with Gasteiger partial charge < -0.3 is 19.8 Å². The van der Waals surface area contributed by atoms with Crippen molar-refractivity contribution in [1.82, 2.24) is 10.6 Å². The Labute approximate surface area is 141 Å². The van der Waals surface area contributed by atoms with Gasteiger partial charge in [0.15, 0.2) is 5.96 Å². The van der Waals surface area contributed by atoms with Crippen LogP contribution in [0.3, 0.4) is 0 Å². The predicted molar refractivity (Wildman–Crippen MR) is 93.3 cm³/mol. The van der Waals surface area contributed by atoms with E-state index in [1.54, 1.807) is 19.4 Å². The van der Waals surface area contributed by atoms with Crippen LogP contribution in [0.25, 0.3) is 0 Å². The minimum atomic E-state index is -0.0166. The summed E-state index contributed by atoms with van der Waals surface area (Å²) in [5.74, 6) is 2.44. The number of ether oxygens (including phenoxy) is 1. The average Bonchev–Trinajstić information content (AvgIpc) is 3.04. The molecule has 0 amide bonds. The standard InChI is InChI=1S/C17H22ClN3O2/c1-13(23-16-6-3-5-14(18)11-16)12-21-17(19-2)20-9-8-15-7-4-10-22-15/h3-7,10-11,13H,8-9,12H2,1-2H3,(H2,19,20,21). The molecule has 0 fully saturated rings. The molecule has 0 aliphatic heterocycles. The molecule has 23 heavy (non-hydrogen) atoms. The molecule has 2 aromatic rings. The van der Waals surface area contributed by atoms with Gasteiger partial charge in [-0.2, -0.15) is 0 Å². The summed E-state index contributed by atoms with van der Waals surface area (Å²) in [6.07, 6.45) is 2.47. The van der Waals surface area contributed by atoms with E-state index < -0.39 is 0 Å². The molecule has 0 radical (unpaired) electrons. The van der Waals surface area contributed by atoms with Crippen LogP contribution in [0, 0.1) is 0 Å². The molecule has 0 saturated carbocycles. The second-order valence-corrected chi connectivity index (χ2v) is 5.53. The first kappa shape index (κ1) is 17.2. The Morgan fingerprint density at radius 2 is 2.17 bits per heavy atom. The van der Waals surface area contributed by atoms with Crippen molar-refractivity contribution in [1.29, 1.82) is 0 Å². The molecule has 1 atom stereocenters. The van der Waals surface area contributed by atoms with Crippen LogP contribution in [0.1, 0.15) is 12.7 Å². The second kappa shape index (κ2) is 9.10. The summed E-state index contributed by atoms with van der Waals surface area (Å²) in [5, 5.41) is 7.14. The maximum atomic E-state index is 5.95. The van der Waals surface area contributed by atoms with E-state index in [1.807, 2.05) is 37.3 Å². The SMILES string of the molecule is CN=C(NCCc1ccco1)NCC(C)Oc1cccc(Cl)c1. The quantitative estimate of drug-likeness (QED) is 0.603. The van der Waals surface area contributed by atoms with E-state index in [0.29, 0.717) is 11.6 Å². The number of hydrogen-bond donors (Lipinski definition) is 2. The number of benzene rings is 1. The number of nitrogens with one attached hydrogen (secondary N) is 2. The zero-order valence-electron chi connectivity index (χ0n) is 13.4. The van der Waals surface area contributed by atoms with Crippen molar-refractivity contribution in [2.75, 3.05) is 20.1 Å². The highest BCUT2D eigenvalue weighted by atomic mass is 35.5. The van der Waals surface area contributed by atoms with Crippen LogP contribution in [-0.4, -0.2) is 32.2 Å². The fourth-order valence-electron chi connectivity index (χ4n) is 2.03. The highest BCUT2D eigenvalue weighted by molar-refractivity contribution is 6.30. The van der Waals surface area contributed by atoms with Gasteiger partial charge in [0.2, 0.25) is 0 Å². The Kier molecular flexibility index (Phi) is 6.81. The maximum Gasteiger partial charge on any atom is 0.191 e. The van der Waals surface area contributed by atoms with E-state index in [1.165, 1.54) is 0 Å². The van der Waals surface area contributed by atoms with Gasteiger partial charge in [-0.05, 0) is 37.3 Å². The Balaban J connectivity index is 1.70. The number of furan rings is 1. The van der Waals surface area contributed by atoms with Gasteiger partial charge in [0, 0.05) is 25.0 Å². The van der Waals surface area contributed by atoms with Gasteiger partial charge in [0.1, 0.15) is 17.6 Å². The molecule has 0 bridgehead atoms. The lowest BCUT2D eigenvalue weighted by molar-refractivity contribution is 0.224. The molecule has 2 rings (SSSR count). The minimum Gasteiger partial charge on any atom is -0.489 e. The van der Waals surface area contributed by atoms with E-state index in [4.69, 9.17) is 20.8 Å². The molecule has 2 N–H and O–H groups in total. The first-order valence-corrected chi connectivity index (χ1v) is 7.94. The Bertz CT molecular complexity index is 614. The van der Waals surface area contributed by atoms with Gasteiger partial charge in [-0.15, -0.1) is 0 Å². The van der Waals surface area contributed by atoms with Crippen molar-refractivity contribution >= 4 is 17.6 Å². The molecule has 5 nitrogen and oxygen atoms in total. The molecule has 1 aromatic heterocycles. The first-order chi connectivity index (χ1) is 11.2. The van der Waals surface area contributed by atoms with Crippen LogP contribution in [0.4, 0.5) is 0 Å². The number of hydrogen-bond acceptors (Lipinski definition) is 3. The van der Waals surface area contributed by atoms with Gasteiger partial charge in [0.25, 0.3) is 0 Å². The Hall–Kier alpha value is -2.14. The highest BCUT2D eigenvalue weighted by Crippen LogP contribution is 2.18. The lowest BCUT2D eigenvalue weighted by Gasteiger charge is -2.17. The monoisotopic (exact) mass is 335 g/mol. The third-order valence-electron chi connectivity index (χ3n) is 3.16. The number of nitrogens with zero attached hydrogens (tertiary/aromatic N) is 1. The predicted octanol–water partition coefficient (Wildman–Crippen LogP) is 3.11. The Morgan fingerprint density at radius 1 is 1.30 bits per heavy atom. The summed E-state index contributed by atoms with van der Waals surface area (Å²) in [6, 6.07) is 11.2. The first-order valence-electron chi connectivity index (χ1n) is 7.56. The summed E-state index contributed by atoms with van der Waals surface area (Å²) < 4.78 is 11.1. The van der Waals surface area contributed by atoms with Crippen molar-refractivity contribution in [2.45, 2.75) is 19.4 Å². The minimum absolute atomic E-state index is 0.0166. The number of halogens is 1. The lowest BCUT2D eigenvalue weighted by atomic mass is 10.3. The third-order valence-corrected chi connectivity index (χ3v) is 3.39. The fourth-order valence-corrected chi connectivity index (χ4v) is 2.21. The van der Waals surface area contributed by atoms with Crippen molar-refractivity contribution in [3.8, 4) is 5.75 Å². The third kappa shape index (κ3) is 6.24. The van der Waals surface area contributed by atoms with Gasteiger partial charge in [-0.25, -0.2) is 0 Å². The molecule has 6 heteroatoms. The zero-order valence-corrected chi connectivity index (χ0v) is 14.1. The summed E-state index contributed by atoms with van der Waals surface area (Å²) in [6.45, 7) is 3.37. The lowest BCUT2D eigenvalue weighted by Crippen LogP contribution is -2.42. The van der Waals surface area contributed by atoms with Gasteiger partial charge in [-0.3, -0.25) is 4.99 Å². The van der Waals surface area contributed by atoms with Crippen molar-refractivity contribution in [3.63, 3.8) is 0 Å². The van der Waals surface area contributed by atoms with E-state index in [-0.39, 0.29) is 6.10 Å². The van der Waals surface area contributed by atoms with E-state index >= 15 is 0 Å². The van der Waals surface area contributed by atoms with E-state index in [0.717, 1.165) is 30.4 Å². The molecule has 1 heterocycles. The Morgan fingerprint density at radius 3 is 2.87 bits per heavy atom. The van der Waals surface area contributed by atoms with Crippen LogP contribution in [0.5, 0.6) is 5.75 Å². The number of guanidine groups is 1. The molecule has 0 aliphatic rings. The summed E-state index contributed by atoms with van der Waals surface area (Å²) >= 11 is 5.95. The molecular weight excluding hydrogens is 314 g/mol. The molecule has 124 valence electrons. The summed E-state index contributed by atoms with van der Waals surface area (Å²) in [4.78, 5) is 4.19. The van der Waals surface area contributed by atoms with Gasteiger partial charge >= 0.3 is 0 Å². The van der Waals surface area contributed by atoms with Crippen molar-refractivity contribution in [2.24, 2.45) is 4.99 Å². The van der Waals surface area contributed by atoms with Crippen molar-refractivity contribution < 1.29 is 9.15 Å². The molecule has 0 spiro atoms. The van der Waals surface area contributed by atoms with Crippen LogP contribution >= 0.6 is 11.6 Å². The normalized spacial score (nSPS) is 12.7. The van der Waals surface area contributed by atoms with Gasteiger partial charge in [0.05, 0.1) is 12.8 Å². The summed E-state index contributed by atoms with van der Waals surface area (Å²) in [5.41, 5.74) is 0. The summed E-state index contributed by atoms with van der Waals surface area (Å²) in [7, 11) is 1.74. The molecule has 1 unspecified atom stereocenters. The zero-order chi connectivity index (χ0) is 16.5. The fraction of sp³-hybridized carbons (Fsp3) is 0.353. The average molecular weight is 336 g/mol. The van der Waals surface area contributed by atoms with Crippen LogP contribution < -0.4 is 15.4 Å². The smallest absolute Gasteiger partial charge is 0.191 e. The molecule has 1 aromatic carbocycles. The topological polar surface area (TPSA) is 58.8 Å². The molecular formula is C17H22ClN3O2. The largest absolute Gasteiger partial charge is 0.489 e. The van der Waals surface area contributed by atoms with Crippen molar-refractivity contribution in [3.05, 3.63) is 53.4 Å². The van der Waals surface area contributed by atoms with Gasteiger partial charge in [-0.1, -0.05) is 17.7 Å². The van der Waals surface area contributed by atoms with E-state index in [9.17, 15) is 0 Å². The van der Waals surface area contributed by atoms with Crippen LogP contribution in [-0.2, 0) is 6.42 Å². The maximum absolute atomic E-state index is 5.95. The van der Waals surface area contributed by atoms with Crippen LogP contribution in [0.2, 0.25) is 5.02 Å². The molecule has 0 aliphatic carbocycles. The van der Waals surface area contributed by atoms with E-state index in [2.05, 4.69) is 15.6 Å². The number of rotatable bonds is 7. The number of aliphatic imine (C=N–C) groups is 1. The second-order valence-electron chi connectivity index (χ2n) is 5.10. The molecule has 0 saturated heterocycles. The van der Waals surface area contributed by atoms with Crippen LogP contribution in [0.15, 0.2) is 52.1 Å².